The molecule has 1 rings (SSSR count). The predicted octanol–water partition coefficient (Wildman–Crippen LogP) is 0.405. The van der Waals surface area contributed by atoms with Crippen molar-refractivity contribution in [1.29, 1.82) is 0 Å². The molecule has 0 fully saturated rings. The second-order valence-corrected chi connectivity index (χ2v) is 1.92. The lowest BCUT2D eigenvalue weighted by molar-refractivity contribution is 0.652. The largest absolute Gasteiger partial charge is 0.187 e. The van der Waals surface area contributed by atoms with Crippen LogP contribution in [0.5, 0.6) is 0 Å². The molecule has 0 aliphatic heterocycles. The van der Waals surface area contributed by atoms with E-state index in [1.165, 1.54) is 4.80 Å². The summed E-state index contributed by atoms with van der Waals surface area (Å²) in [7, 11) is 1.74. The normalized spacial score (nSPS) is 8.60. The number of halogens is 1. The lowest BCUT2D eigenvalue weighted by Crippen LogP contribution is -1.91. The summed E-state index contributed by atoms with van der Waals surface area (Å²) in [4.78, 5) is 1.46. The third-order valence-electron chi connectivity index (χ3n) is 0.883. The first-order chi connectivity index (χ1) is 4.83. The van der Waals surface area contributed by atoms with E-state index in [4.69, 9.17) is 11.6 Å². The van der Waals surface area contributed by atoms with Crippen LogP contribution in [0.15, 0.2) is 6.20 Å². The third kappa shape index (κ3) is 1.74. The predicted molar refractivity (Wildman–Crippen MR) is 38.6 cm³/mol. The summed E-state index contributed by atoms with van der Waals surface area (Å²) in [5.41, 5.74) is 0.656. The standard InChI is InChI=1S/C6H6ClN3/c1-10-8-5-6(9-10)3-2-4-7/h5H,4H2,1H3. The molecule has 10 heavy (non-hydrogen) atoms. The van der Waals surface area contributed by atoms with Gasteiger partial charge >= 0.3 is 0 Å². The van der Waals surface area contributed by atoms with Crippen LogP contribution >= 0.6 is 11.6 Å². The smallest absolute Gasteiger partial charge is 0.155 e. The average Bonchev–Trinajstić information content (AvgIpc) is 2.31. The third-order valence-corrected chi connectivity index (χ3v) is 1.02. The monoisotopic (exact) mass is 155 g/mol. The summed E-state index contributed by atoms with van der Waals surface area (Å²) in [6, 6.07) is 0. The quantitative estimate of drug-likeness (QED) is 0.401. The molecule has 0 aliphatic carbocycles. The molecule has 0 amide bonds. The van der Waals surface area contributed by atoms with Crippen molar-refractivity contribution in [2.24, 2.45) is 7.05 Å². The zero-order valence-electron chi connectivity index (χ0n) is 5.50. The highest BCUT2D eigenvalue weighted by Crippen LogP contribution is 1.85. The summed E-state index contributed by atoms with van der Waals surface area (Å²) in [5, 5.41) is 7.75. The van der Waals surface area contributed by atoms with E-state index in [0.717, 1.165) is 0 Å². The minimum atomic E-state index is 0.330. The number of alkyl halides is 1. The Bertz CT molecular complexity index is 268. The Morgan fingerprint density at radius 3 is 3.10 bits per heavy atom. The number of nitrogens with zero attached hydrogens (tertiary/aromatic N) is 3. The molecule has 0 N–H and O–H groups in total. The number of hydrogen-bond acceptors (Lipinski definition) is 2. The van der Waals surface area contributed by atoms with Crippen molar-refractivity contribution < 1.29 is 0 Å². The fourth-order valence-electron chi connectivity index (χ4n) is 0.527. The molecule has 0 aliphatic rings. The van der Waals surface area contributed by atoms with Crippen molar-refractivity contribution in [2.75, 3.05) is 5.88 Å². The molecule has 4 heteroatoms. The van der Waals surface area contributed by atoms with Crippen molar-refractivity contribution in [1.82, 2.24) is 15.0 Å². The van der Waals surface area contributed by atoms with Crippen LogP contribution in [0, 0.1) is 11.8 Å². The van der Waals surface area contributed by atoms with Crippen molar-refractivity contribution in [3.05, 3.63) is 11.9 Å². The zero-order valence-corrected chi connectivity index (χ0v) is 6.26. The van der Waals surface area contributed by atoms with Crippen molar-refractivity contribution in [3.63, 3.8) is 0 Å². The Morgan fingerprint density at radius 2 is 2.60 bits per heavy atom. The molecular formula is C6H6ClN3. The maximum absolute atomic E-state index is 5.33. The summed E-state index contributed by atoms with van der Waals surface area (Å²) in [5.74, 6) is 5.75. The molecule has 0 saturated heterocycles. The van der Waals surface area contributed by atoms with Gasteiger partial charge in [-0.15, -0.1) is 16.7 Å². The van der Waals surface area contributed by atoms with Gasteiger partial charge in [-0.1, -0.05) is 5.92 Å². The summed E-state index contributed by atoms with van der Waals surface area (Å²) >= 11 is 5.33. The second-order valence-electron chi connectivity index (χ2n) is 1.65. The van der Waals surface area contributed by atoms with Crippen LogP contribution in [0.3, 0.4) is 0 Å². The van der Waals surface area contributed by atoms with E-state index in [9.17, 15) is 0 Å². The van der Waals surface area contributed by atoms with Crippen molar-refractivity contribution >= 4 is 11.6 Å². The van der Waals surface area contributed by atoms with Gasteiger partial charge in [0.05, 0.1) is 12.1 Å². The molecule has 0 radical (unpaired) electrons. The topological polar surface area (TPSA) is 30.7 Å². The first-order valence-corrected chi connectivity index (χ1v) is 3.27. The maximum Gasteiger partial charge on any atom is 0.155 e. The van der Waals surface area contributed by atoms with Crippen LogP contribution < -0.4 is 0 Å². The van der Waals surface area contributed by atoms with Gasteiger partial charge in [-0.05, 0) is 5.92 Å². The van der Waals surface area contributed by atoms with Crippen molar-refractivity contribution in [3.8, 4) is 11.8 Å². The minimum absolute atomic E-state index is 0.330. The van der Waals surface area contributed by atoms with Gasteiger partial charge in [0, 0.05) is 7.05 Å². The number of aromatic nitrogens is 3. The Morgan fingerprint density at radius 1 is 1.80 bits per heavy atom. The van der Waals surface area contributed by atoms with E-state index < -0.39 is 0 Å². The molecule has 1 heterocycles. The van der Waals surface area contributed by atoms with Gasteiger partial charge in [-0.2, -0.15) is 9.90 Å². The summed E-state index contributed by atoms with van der Waals surface area (Å²) < 4.78 is 0. The number of aryl methyl sites for hydroxylation is 1. The van der Waals surface area contributed by atoms with Gasteiger partial charge in [-0.25, -0.2) is 0 Å². The molecule has 1 aromatic heterocycles. The van der Waals surface area contributed by atoms with Crippen LogP contribution in [0.4, 0.5) is 0 Å². The Balaban J connectivity index is 2.76. The molecule has 3 nitrogen and oxygen atoms in total. The molecule has 0 unspecified atom stereocenters. The highest BCUT2D eigenvalue weighted by Gasteiger charge is 1.88. The molecule has 0 aromatic carbocycles. The van der Waals surface area contributed by atoms with Crippen LogP contribution in [-0.2, 0) is 7.05 Å². The highest BCUT2D eigenvalue weighted by atomic mass is 35.5. The van der Waals surface area contributed by atoms with Crippen LogP contribution in [-0.4, -0.2) is 20.9 Å². The number of hydrogen-bond donors (Lipinski definition) is 0. The Hall–Kier alpha value is -1.01. The minimum Gasteiger partial charge on any atom is -0.187 e. The van der Waals surface area contributed by atoms with E-state index in [2.05, 4.69) is 22.0 Å². The van der Waals surface area contributed by atoms with E-state index in [1.54, 1.807) is 13.2 Å². The molecular weight excluding hydrogens is 150 g/mol. The van der Waals surface area contributed by atoms with Gasteiger partial charge in [0.25, 0.3) is 0 Å². The van der Waals surface area contributed by atoms with Crippen molar-refractivity contribution in [2.45, 2.75) is 0 Å². The van der Waals surface area contributed by atoms with Gasteiger partial charge in [0.15, 0.2) is 5.69 Å². The van der Waals surface area contributed by atoms with Crippen LogP contribution in [0.1, 0.15) is 5.69 Å². The second kappa shape index (κ2) is 3.23. The van der Waals surface area contributed by atoms with Gasteiger partial charge < -0.3 is 0 Å². The van der Waals surface area contributed by atoms with Crippen LogP contribution in [0.25, 0.3) is 0 Å². The molecule has 1 aromatic rings. The van der Waals surface area contributed by atoms with Gasteiger partial charge in [0.2, 0.25) is 0 Å². The lowest BCUT2D eigenvalue weighted by atomic mass is 10.5. The molecule has 52 valence electrons. The zero-order chi connectivity index (χ0) is 7.40. The highest BCUT2D eigenvalue weighted by molar-refractivity contribution is 6.19. The van der Waals surface area contributed by atoms with E-state index in [-0.39, 0.29) is 0 Å². The molecule has 0 spiro atoms. The molecule has 0 bridgehead atoms. The first-order valence-electron chi connectivity index (χ1n) is 2.74. The first kappa shape index (κ1) is 7.10. The van der Waals surface area contributed by atoms with Gasteiger partial charge in [0.1, 0.15) is 0 Å². The van der Waals surface area contributed by atoms with E-state index in [0.29, 0.717) is 11.6 Å². The SMILES string of the molecule is Cn1ncc(C#CCCl)n1. The summed E-state index contributed by atoms with van der Waals surface area (Å²) in [6.45, 7) is 0. The molecule has 0 atom stereocenters. The Labute approximate surface area is 64.0 Å². The van der Waals surface area contributed by atoms with Crippen LogP contribution in [0.2, 0.25) is 0 Å². The fourth-order valence-corrected chi connectivity index (χ4v) is 0.594. The van der Waals surface area contributed by atoms with E-state index in [1.807, 2.05) is 0 Å². The van der Waals surface area contributed by atoms with E-state index >= 15 is 0 Å². The van der Waals surface area contributed by atoms with Gasteiger partial charge in [-0.3, -0.25) is 0 Å². The molecule has 0 saturated carbocycles. The maximum atomic E-state index is 5.33. The number of rotatable bonds is 0. The Kier molecular flexibility index (Phi) is 2.30. The fraction of sp³-hybridized carbons (Fsp3) is 0.333. The average molecular weight is 156 g/mol. The lowest BCUT2D eigenvalue weighted by Gasteiger charge is -1.77. The summed E-state index contributed by atoms with van der Waals surface area (Å²) in [6.07, 6.45) is 1.60.